The highest BCUT2D eigenvalue weighted by Crippen LogP contribution is 2.33. The Morgan fingerprint density at radius 1 is 1.19 bits per heavy atom. The van der Waals surface area contributed by atoms with E-state index in [9.17, 15) is 14.7 Å². The van der Waals surface area contributed by atoms with E-state index in [0.29, 0.717) is 16.5 Å². The molecule has 134 valence electrons. The molecule has 0 unspecified atom stereocenters. The van der Waals surface area contributed by atoms with Crippen molar-refractivity contribution in [2.24, 2.45) is 0 Å². The van der Waals surface area contributed by atoms with Gasteiger partial charge < -0.3 is 14.8 Å². The van der Waals surface area contributed by atoms with Crippen LogP contribution in [0.3, 0.4) is 0 Å². The SMILES string of the molecule is O=C(NCc1ccco1)Nc1snc(SCc2ccccc2)c1C(=O)O. The number of carboxylic acids is 1. The number of nitrogens with zero attached hydrogens (tertiary/aromatic N) is 1. The van der Waals surface area contributed by atoms with Crippen molar-refractivity contribution >= 4 is 40.3 Å². The highest BCUT2D eigenvalue weighted by Gasteiger charge is 2.22. The zero-order valence-electron chi connectivity index (χ0n) is 13.5. The van der Waals surface area contributed by atoms with Crippen LogP contribution in [-0.2, 0) is 12.3 Å². The summed E-state index contributed by atoms with van der Waals surface area (Å²) in [6.07, 6.45) is 1.51. The molecule has 1 aromatic carbocycles. The lowest BCUT2D eigenvalue weighted by molar-refractivity contribution is 0.0694. The summed E-state index contributed by atoms with van der Waals surface area (Å²) in [4.78, 5) is 23.6. The second kappa shape index (κ2) is 8.54. The summed E-state index contributed by atoms with van der Waals surface area (Å²) in [6, 6.07) is 12.6. The third-order valence-electron chi connectivity index (χ3n) is 3.32. The number of urea groups is 1. The number of anilines is 1. The van der Waals surface area contributed by atoms with Crippen molar-refractivity contribution in [2.75, 3.05) is 5.32 Å². The standard InChI is InChI=1S/C17H15N3O4S2/c21-16(22)13-14(19-17(23)18-9-12-7-4-8-24-12)26-20-15(13)25-10-11-5-2-1-3-6-11/h1-8H,9-10H2,(H,21,22)(H2,18,19,23). The lowest BCUT2D eigenvalue weighted by atomic mass is 10.2. The van der Waals surface area contributed by atoms with Gasteiger partial charge >= 0.3 is 12.0 Å². The minimum Gasteiger partial charge on any atom is -0.477 e. The number of carbonyl (C=O) groups is 2. The van der Waals surface area contributed by atoms with E-state index in [2.05, 4.69) is 15.0 Å². The largest absolute Gasteiger partial charge is 0.477 e. The van der Waals surface area contributed by atoms with Gasteiger partial charge in [-0.05, 0) is 29.2 Å². The molecule has 0 aliphatic carbocycles. The Morgan fingerprint density at radius 2 is 2.00 bits per heavy atom. The molecular weight excluding hydrogens is 374 g/mol. The number of aromatic nitrogens is 1. The van der Waals surface area contributed by atoms with Gasteiger partial charge in [0, 0.05) is 5.75 Å². The molecule has 9 heteroatoms. The van der Waals surface area contributed by atoms with Gasteiger partial charge in [0.05, 0.1) is 12.8 Å². The molecule has 7 nitrogen and oxygen atoms in total. The summed E-state index contributed by atoms with van der Waals surface area (Å²) in [5.74, 6) is 0.0623. The monoisotopic (exact) mass is 389 g/mol. The van der Waals surface area contributed by atoms with Crippen LogP contribution >= 0.6 is 23.3 Å². The van der Waals surface area contributed by atoms with Gasteiger partial charge in [-0.15, -0.1) is 0 Å². The number of rotatable bonds is 7. The summed E-state index contributed by atoms with van der Waals surface area (Å²) >= 11 is 2.26. The number of furan rings is 1. The smallest absolute Gasteiger partial charge is 0.341 e. The second-order valence-corrected chi connectivity index (χ2v) is 6.90. The van der Waals surface area contributed by atoms with Gasteiger partial charge in [-0.2, -0.15) is 4.37 Å². The second-order valence-electron chi connectivity index (χ2n) is 5.16. The van der Waals surface area contributed by atoms with E-state index in [1.807, 2.05) is 30.3 Å². The number of aromatic carboxylic acids is 1. The Balaban J connectivity index is 1.64. The predicted molar refractivity (Wildman–Crippen MR) is 99.6 cm³/mol. The van der Waals surface area contributed by atoms with Crippen LogP contribution in [-0.4, -0.2) is 21.5 Å². The number of nitrogens with one attached hydrogen (secondary N) is 2. The van der Waals surface area contributed by atoms with Crippen molar-refractivity contribution in [1.29, 1.82) is 0 Å². The van der Waals surface area contributed by atoms with Crippen molar-refractivity contribution in [1.82, 2.24) is 9.69 Å². The van der Waals surface area contributed by atoms with E-state index >= 15 is 0 Å². The van der Waals surface area contributed by atoms with Gasteiger partial charge in [0.15, 0.2) is 0 Å². The van der Waals surface area contributed by atoms with E-state index in [0.717, 1.165) is 17.1 Å². The number of amides is 2. The third kappa shape index (κ3) is 4.64. The average Bonchev–Trinajstić information content (AvgIpc) is 3.29. The zero-order chi connectivity index (χ0) is 18.4. The van der Waals surface area contributed by atoms with E-state index in [1.165, 1.54) is 18.0 Å². The maximum atomic E-state index is 12.0. The van der Waals surface area contributed by atoms with Gasteiger partial charge in [0.25, 0.3) is 0 Å². The summed E-state index contributed by atoms with van der Waals surface area (Å²) < 4.78 is 9.30. The van der Waals surface area contributed by atoms with Crippen LogP contribution in [0.25, 0.3) is 0 Å². The fraction of sp³-hybridized carbons (Fsp3) is 0.118. The molecule has 2 amide bonds. The normalized spacial score (nSPS) is 10.5. The summed E-state index contributed by atoms with van der Waals surface area (Å²) in [5.41, 5.74) is 1.07. The highest BCUT2D eigenvalue weighted by atomic mass is 32.2. The van der Waals surface area contributed by atoms with E-state index < -0.39 is 12.0 Å². The van der Waals surface area contributed by atoms with Gasteiger partial charge in [-0.3, -0.25) is 5.32 Å². The van der Waals surface area contributed by atoms with Crippen LogP contribution in [0.15, 0.2) is 58.2 Å². The maximum Gasteiger partial charge on any atom is 0.341 e. The molecule has 3 N–H and O–H groups in total. The molecule has 0 saturated heterocycles. The van der Waals surface area contributed by atoms with Gasteiger partial charge in [-0.1, -0.05) is 42.1 Å². The number of hydrogen-bond acceptors (Lipinski definition) is 6. The van der Waals surface area contributed by atoms with Crippen molar-refractivity contribution in [3.05, 3.63) is 65.6 Å². The quantitative estimate of drug-likeness (QED) is 0.527. The molecule has 0 spiro atoms. The molecule has 0 atom stereocenters. The highest BCUT2D eigenvalue weighted by molar-refractivity contribution is 7.98. The summed E-state index contributed by atoms with van der Waals surface area (Å²) in [7, 11) is 0. The van der Waals surface area contributed by atoms with Crippen LogP contribution in [0.5, 0.6) is 0 Å². The number of carboxylic acid groups (broad SMARTS) is 1. The number of benzene rings is 1. The molecule has 2 heterocycles. The Kier molecular flexibility index (Phi) is 5.92. The number of thioether (sulfide) groups is 1. The van der Waals surface area contributed by atoms with Crippen LogP contribution < -0.4 is 10.6 Å². The minimum atomic E-state index is -1.13. The fourth-order valence-electron chi connectivity index (χ4n) is 2.10. The number of hydrogen-bond donors (Lipinski definition) is 3. The Labute approximate surface area is 157 Å². The molecule has 3 rings (SSSR count). The maximum absolute atomic E-state index is 12.0. The molecule has 0 saturated carbocycles. The molecule has 0 aliphatic rings. The Bertz CT molecular complexity index is 879. The average molecular weight is 389 g/mol. The first-order valence-electron chi connectivity index (χ1n) is 7.60. The fourth-order valence-corrected chi connectivity index (χ4v) is 4.00. The summed E-state index contributed by atoms with van der Waals surface area (Å²) in [6.45, 7) is 0.204. The topological polar surface area (TPSA) is 104 Å². The van der Waals surface area contributed by atoms with Crippen molar-refractivity contribution in [2.45, 2.75) is 17.3 Å². The first-order valence-corrected chi connectivity index (χ1v) is 9.36. The predicted octanol–water partition coefficient (Wildman–Crippen LogP) is 4.05. The van der Waals surface area contributed by atoms with E-state index in [1.54, 1.807) is 12.1 Å². The Hall–Kier alpha value is -2.78. The van der Waals surface area contributed by atoms with Crippen LogP contribution in [0.1, 0.15) is 21.7 Å². The first-order chi connectivity index (χ1) is 12.6. The summed E-state index contributed by atoms with van der Waals surface area (Å²) in [5, 5.41) is 15.2. The van der Waals surface area contributed by atoms with Gasteiger partial charge in [-0.25, -0.2) is 9.59 Å². The molecular formula is C17H15N3O4S2. The van der Waals surface area contributed by atoms with E-state index in [4.69, 9.17) is 4.42 Å². The Morgan fingerprint density at radius 3 is 2.69 bits per heavy atom. The third-order valence-corrected chi connectivity index (χ3v) is 5.25. The lowest BCUT2D eigenvalue weighted by Crippen LogP contribution is -2.28. The first kappa shape index (κ1) is 18.0. The van der Waals surface area contributed by atoms with Crippen LogP contribution in [0.4, 0.5) is 9.80 Å². The van der Waals surface area contributed by atoms with Gasteiger partial charge in [0.1, 0.15) is 21.4 Å². The minimum absolute atomic E-state index is 0.00378. The molecule has 0 bridgehead atoms. The van der Waals surface area contributed by atoms with E-state index in [-0.39, 0.29) is 17.1 Å². The van der Waals surface area contributed by atoms with Crippen molar-refractivity contribution in [3.63, 3.8) is 0 Å². The van der Waals surface area contributed by atoms with Crippen LogP contribution in [0.2, 0.25) is 0 Å². The molecule has 2 aromatic heterocycles. The molecule has 26 heavy (non-hydrogen) atoms. The zero-order valence-corrected chi connectivity index (χ0v) is 15.1. The van der Waals surface area contributed by atoms with Gasteiger partial charge in [0.2, 0.25) is 0 Å². The molecule has 0 fully saturated rings. The lowest BCUT2D eigenvalue weighted by Gasteiger charge is -2.05. The van der Waals surface area contributed by atoms with Crippen molar-refractivity contribution in [3.8, 4) is 0 Å². The molecule has 0 aliphatic heterocycles. The molecule has 3 aromatic rings. The van der Waals surface area contributed by atoms with Crippen LogP contribution in [0, 0.1) is 0 Å². The number of carbonyl (C=O) groups excluding carboxylic acids is 1. The van der Waals surface area contributed by atoms with Crippen molar-refractivity contribution < 1.29 is 19.1 Å². The molecule has 0 radical (unpaired) electrons.